The van der Waals surface area contributed by atoms with Gasteiger partial charge in [0.15, 0.2) is 0 Å². The number of carboxylic acids is 1. The van der Waals surface area contributed by atoms with E-state index in [0.717, 1.165) is 16.5 Å². The summed E-state index contributed by atoms with van der Waals surface area (Å²) in [6.07, 6.45) is 1.98. The van der Waals surface area contributed by atoms with Crippen LogP contribution in [0.5, 0.6) is 11.5 Å². The number of aromatic nitrogens is 1. The van der Waals surface area contributed by atoms with Crippen molar-refractivity contribution >= 4 is 34.6 Å². The quantitative estimate of drug-likeness (QED) is 0.113. The number of benzene rings is 3. The Morgan fingerprint density at radius 1 is 0.721 bits per heavy atom. The van der Waals surface area contributed by atoms with Gasteiger partial charge in [0.1, 0.15) is 30.1 Å². The van der Waals surface area contributed by atoms with Crippen LogP contribution in [-0.2, 0) is 38.4 Å². The molecule has 3 amide bonds. The van der Waals surface area contributed by atoms with Crippen molar-refractivity contribution in [1.82, 2.24) is 20.9 Å². The number of carbonyl (C=O) groups excluding carboxylic acids is 3. The van der Waals surface area contributed by atoms with Gasteiger partial charge in [-0.05, 0) is 53.4 Å². The summed E-state index contributed by atoms with van der Waals surface area (Å²) < 4.78 is 0. The number of rotatable bonds is 13. The predicted molar refractivity (Wildman–Crippen MR) is 158 cm³/mol. The fourth-order valence-corrected chi connectivity index (χ4v) is 4.62. The topological polar surface area (TPSA) is 207 Å². The summed E-state index contributed by atoms with van der Waals surface area (Å²) in [7, 11) is 0. The number of para-hydroxylation sites is 1. The lowest BCUT2D eigenvalue weighted by atomic mass is 10.0. The number of fused-ring (bicyclic) bond motifs is 1. The number of hydrogen-bond acceptors (Lipinski definition) is 7. The number of phenols is 2. The number of H-pyrrole nitrogens is 1. The molecule has 12 heteroatoms. The van der Waals surface area contributed by atoms with Gasteiger partial charge in [-0.25, -0.2) is 0 Å². The zero-order valence-electron chi connectivity index (χ0n) is 23.1. The van der Waals surface area contributed by atoms with E-state index in [0.29, 0.717) is 11.1 Å². The monoisotopic (exact) mass is 587 g/mol. The number of phenolic OH excluding ortho intramolecular Hbond substituents is 2. The minimum absolute atomic E-state index is 0.0142. The second-order valence-corrected chi connectivity index (χ2v) is 10.1. The molecular formula is C31H33N5O7. The normalized spacial score (nSPS) is 13.0. The van der Waals surface area contributed by atoms with Crippen LogP contribution in [0.2, 0.25) is 0 Å². The van der Waals surface area contributed by atoms with Crippen molar-refractivity contribution in [1.29, 1.82) is 0 Å². The summed E-state index contributed by atoms with van der Waals surface area (Å²) in [5.74, 6) is -3.25. The third kappa shape index (κ3) is 8.57. The summed E-state index contributed by atoms with van der Waals surface area (Å²) in [4.78, 5) is 53.9. The molecule has 4 aromatic rings. The Morgan fingerprint density at radius 2 is 1.26 bits per heavy atom. The molecule has 43 heavy (non-hydrogen) atoms. The zero-order chi connectivity index (χ0) is 30.9. The molecule has 0 fully saturated rings. The summed E-state index contributed by atoms with van der Waals surface area (Å²) in [6.45, 7) is -0.656. The maximum absolute atomic E-state index is 13.6. The van der Waals surface area contributed by atoms with E-state index in [4.69, 9.17) is 10.8 Å². The van der Waals surface area contributed by atoms with Crippen LogP contribution < -0.4 is 21.7 Å². The fraction of sp³-hybridized carbons (Fsp3) is 0.226. The van der Waals surface area contributed by atoms with E-state index in [1.165, 1.54) is 24.3 Å². The van der Waals surface area contributed by atoms with Gasteiger partial charge in [-0.1, -0.05) is 42.5 Å². The van der Waals surface area contributed by atoms with Gasteiger partial charge in [0.25, 0.3) is 0 Å². The number of nitrogens with one attached hydrogen (secondary N) is 4. The van der Waals surface area contributed by atoms with Crippen molar-refractivity contribution in [3.63, 3.8) is 0 Å². The second-order valence-electron chi connectivity index (χ2n) is 10.1. The van der Waals surface area contributed by atoms with Crippen molar-refractivity contribution in [2.75, 3.05) is 6.54 Å². The largest absolute Gasteiger partial charge is 0.508 e. The van der Waals surface area contributed by atoms with Crippen LogP contribution in [0, 0.1) is 0 Å². The molecule has 1 aromatic heterocycles. The third-order valence-corrected chi connectivity index (χ3v) is 6.88. The minimum Gasteiger partial charge on any atom is -0.508 e. The zero-order valence-corrected chi connectivity index (χ0v) is 23.1. The van der Waals surface area contributed by atoms with E-state index in [-0.39, 0.29) is 30.8 Å². The molecule has 3 unspecified atom stereocenters. The van der Waals surface area contributed by atoms with E-state index in [2.05, 4.69) is 20.9 Å². The Balaban J connectivity index is 1.53. The van der Waals surface area contributed by atoms with E-state index in [1.54, 1.807) is 30.5 Å². The van der Waals surface area contributed by atoms with Crippen molar-refractivity contribution in [2.45, 2.75) is 37.4 Å². The first-order chi connectivity index (χ1) is 20.6. The maximum Gasteiger partial charge on any atom is 0.322 e. The molecule has 12 nitrogen and oxygen atoms in total. The third-order valence-electron chi connectivity index (χ3n) is 6.88. The molecular weight excluding hydrogens is 554 g/mol. The van der Waals surface area contributed by atoms with E-state index in [9.17, 15) is 29.4 Å². The summed E-state index contributed by atoms with van der Waals surface area (Å²) in [6, 6.07) is 16.3. The van der Waals surface area contributed by atoms with Crippen molar-refractivity contribution in [2.24, 2.45) is 5.73 Å². The number of carbonyl (C=O) groups is 4. The van der Waals surface area contributed by atoms with Gasteiger partial charge >= 0.3 is 5.97 Å². The standard InChI is InChI=1S/C31H33N5O7/c32-24(15-20-16-33-25-4-2-1-3-23(20)25)29(41)35-27(14-19-7-11-22(38)12-8-19)31(43)36-26(30(42)34-17-28(39)40)13-18-5-9-21(37)10-6-18/h1-12,16,24,26-27,33,37-38H,13-15,17,32H2,(H,34,42)(H,35,41)(H,36,43)(H,39,40). The maximum atomic E-state index is 13.6. The lowest BCUT2D eigenvalue weighted by Gasteiger charge is -2.24. The molecule has 0 aliphatic rings. The number of aromatic hydroxyl groups is 2. The molecule has 3 atom stereocenters. The average molecular weight is 588 g/mol. The molecule has 0 aliphatic carbocycles. The highest BCUT2D eigenvalue weighted by Crippen LogP contribution is 2.19. The number of nitrogens with two attached hydrogens (primary N) is 1. The molecule has 0 saturated carbocycles. The van der Waals surface area contributed by atoms with Crippen LogP contribution in [0.3, 0.4) is 0 Å². The molecule has 9 N–H and O–H groups in total. The van der Waals surface area contributed by atoms with E-state index >= 15 is 0 Å². The van der Waals surface area contributed by atoms with Gasteiger partial charge in [-0.15, -0.1) is 0 Å². The highest BCUT2D eigenvalue weighted by molar-refractivity contribution is 5.94. The lowest BCUT2D eigenvalue weighted by Crippen LogP contribution is -2.57. The number of carboxylic acid groups (broad SMARTS) is 1. The molecule has 0 aliphatic heterocycles. The van der Waals surface area contributed by atoms with Crippen LogP contribution in [0.1, 0.15) is 16.7 Å². The van der Waals surface area contributed by atoms with Crippen LogP contribution in [0.4, 0.5) is 0 Å². The highest BCUT2D eigenvalue weighted by atomic mass is 16.4. The van der Waals surface area contributed by atoms with E-state index < -0.39 is 48.4 Å². The van der Waals surface area contributed by atoms with Gasteiger partial charge in [-0.2, -0.15) is 0 Å². The number of aliphatic carboxylic acids is 1. The smallest absolute Gasteiger partial charge is 0.322 e. The summed E-state index contributed by atoms with van der Waals surface area (Å²) in [5, 5.41) is 36.8. The van der Waals surface area contributed by atoms with Crippen molar-refractivity contribution in [3.05, 3.63) is 95.7 Å². The van der Waals surface area contributed by atoms with Gasteiger partial charge < -0.3 is 42.0 Å². The minimum atomic E-state index is -1.26. The van der Waals surface area contributed by atoms with Crippen LogP contribution in [-0.4, -0.2) is 68.7 Å². The summed E-state index contributed by atoms with van der Waals surface area (Å²) in [5.41, 5.74) is 9.21. The van der Waals surface area contributed by atoms with E-state index in [1.807, 2.05) is 24.3 Å². The molecule has 4 rings (SSSR count). The van der Waals surface area contributed by atoms with Gasteiger partial charge in [0.2, 0.25) is 17.7 Å². The first-order valence-electron chi connectivity index (χ1n) is 13.6. The first-order valence-corrected chi connectivity index (χ1v) is 13.6. The molecule has 224 valence electrons. The molecule has 0 spiro atoms. The molecule has 0 bridgehead atoms. The van der Waals surface area contributed by atoms with Gasteiger partial charge in [-0.3, -0.25) is 19.2 Å². The number of hydrogen-bond donors (Lipinski definition) is 8. The number of aromatic amines is 1. The van der Waals surface area contributed by atoms with Gasteiger partial charge in [0.05, 0.1) is 6.04 Å². The fourth-order valence-electron chi connectivity index (χ4n) is 4.62. The van der Waals surface area contributed by atoms with Gasteiger partial charge in [0, 0.05) is 29.9 Å². The Kier molecular flexibility index (Phi) is 9.97. The average Bonchev–Trinajstić information content (AvgIpc) is 3.39. The Bertz CT molecular complexity index is 1580. The number of amides is 3. The molecule has 1 heterocycles. The summed E-state index contributed by atoms with van der Waals surface area (Å²) >= 11 is 0. The van der Waals surface area contributed by atoms with Crippen LogP contribution in [0.15, 0.2) is 79.0 Å². The molecule has 0 saturated heterocycles. The first kappa shape index (κ1) is 30.6. The lowest BCUT2D eigenvalue weighted by molar-refractivity contribution is -0.138. The molecule has 3 aromatic carbocycles. The SMILES string of the molecule is NC(Cc1c[nH]c2ccccc12)C(=O)NC(Cc1ccc(O)cc1)C(=O)NC(Cc1ccc(O)cc1)C(=O)NCC(=O)O. The van der Waals surface area contributed by atoms with Crippen molar-refractivity contribution in [3.8, 4) is 11.5 Å². The highest BCUT2D eigenvalue weighted by Gasteiger charge is 2.29. The predicted octanol–water partition coefficient (Wildman–Crippen LogP) is 1.10. The second kappa shape index (κ2) is 14.0. The Morgan fingerprint density at radius 3 is 1.84 bits per heavy atom. The van der Waals surface area contributed by atoms with Crippen molar-refractivity contribution < 1.29 is 34.5 Å². The van der Waals surface area contributed by atoms with Crippen LogP contribution in [0.25, 0.3) is 10.9 Å². The molecule has 0 radical (unpaired) electrons. The Hall–Kier alpha value is -5.36. The Labute approximate surface area is 246 Å². The van der Waals surface area contributed by atoms with Crippen LogP contribution >= 0.6 is 0 Å².